The Hall–Kier alpha value is -3.05. The minimum absolute atomic E-state index is 0.126. The molecular weight excluding hydrogens is 456 g/mol. The maximum absolute atomic E-state index is 13.6. The Morgan fingerprint density at radius 1 is 1.32 bits per heavy atom. The van der Waals surface area contributed by atoms with Crippen molar-refractivity contribution in [3.8, 4) is 11.6 Å². The van der Waals surface area contributed by atoms with Gasteiger partial charge in [-0.05, 0) is 69.3 Å². The van der Waals surface area contributed by atoms with Gasteiger partial charge in [-0.3, -0.25) is 9.59 Å². The molecule has 0 radical (unpaired) electrons. The number of carbonyl (C=O) groups is 2. The number of thiophene rings is 1. The van der Waals surface area contributed by atoms with Crippen LogP contribution in [0.5, 0.6) is 0 Å². The van der Waals surface area contributed by atoms with Crippen molar-refractivity contribution in [3.63, 3.8) is 0 Å². The van der Waals surface area contributed by atoms with E-state index in [2.05, 4.69) is 20.7 Å². The van der Waals surface area contributed by atoms with Crippen LogP contribution in [0.1, 0.15) is 50.3 Å². The quantitative estimate of drug-likeness (QED) is 0.520. The number of aryl methyl sites for hydroxylation is 1. The van der Waals surface area contributed by atoms with Crippen LogP contribution < -0.4 is 5.32 Å². The monoisotopic (exact) mass is 486 g/mol. The van der Waals surface area contributed by atoms with Crippen LogP contribution in [0.2, 0.25) is 0 Å². The number of nitrogens with one attached hydrogen (secondary N) is 1. The number of carbonyl (C=O) groups excluding carboxylic acids is 2. The standard InChI is InChI=1S/C23H30N6O4S/c1-15-9-10-17(33-15)21-25-27-29(26-21)14-19(30)28(13-16-7-5-11-32-16)20(18-8-6-12-34-18)22(31)24-23(2,3)4/h6,8-10,12,16,20H,5,7,11,13-14H2,1-4H3,(H,24,31)/t16-,20-/m1/s1. The lowest BCUT2D eigenvalue weighted by Crippen LogP contribution is -2.51. The summed E-state index contributed by atoms with van der Waals surface area (Å²) in [6.07, 6.45) is 1.64. The maximum Gasteiger partial charge on any atom is 0.248 e. The zero-order valence-electron chi connectivity index (χ0n) is 19.9. The molecule has 1 saturated heterocycles. The highest BCUT2D eigenvalue weighted by molar-refractivity contribution is 7.10. The summed E-state index contributed by atoms with van der Waals surface area (Å²) >= 11 is 1.44. The lowest BCUT2D eigenvalue weighted by molar-refractivity contribution is -0.144. The highest BCUT2D eigenvalue weighted by atomic mass is 32.1. The van der Waals surface area contributed by atoms with Crippen molar-refractivity contribution in [2.45, 2.75) is 64.8 Å². The number of furan rings is 1. The molecule has 4 rings (SSSR count). The van der Waals surface area contributed by atoms with Gasteiger partial charge in [0, 0.05) is 23.6 Å². The highest BCUT2D eigenvalue weighted by Crippen LogP contribution is 2.29. The van der Waals surface area contributed by atoms with Crippen LogP contribution >= 0.6 is 11.3 Å². The van der Waals surface area contributed by atoms with Gasteiger partial charge >= 0.3 is 0 Å². The van der Waals surface area contributed by atoms with Crippen LogP contribution in [0.4, 0.5) is 0 Å². The fourth-order valence-electron chi connectivity index (χ4n) is 3.84. The molecule has 10 nitrogen and oxygen atoms in total. The molecule has 2 atom stereocenters. The molecule has 1 fully saturated rings. The van der Waals surface area contributed by atoms with Gasteiger partial charge in [0.25, 0.3) is 0 Å². The van der Waals surface area contributed by atoms with E-state index in [0.29, 0.717) is 24.7 Å². The van der Waals surface area contributed by atoms with Gasteiger partial charge in [-0.25, -0.2) is 0 Å². The third-order valence-electron chi connectivity index (χ3n) is 5.31. The van der Waals surface area contributed by atoms with E-state index >= 15 is 0 Å². The summed E-state index contributed by atoms with van der Waals surface area (Å²) in [7, 11) is 0. The van der Waals surface area contributed by atoms with E-state index in [1.165, 1.54) is 16.1 Å². The third-order valence-corrected chi connectivity index (χ3v) is 6.23. The van der Waals surface area contributed by atoms with Crippen molar-refractivity contribution in [1.82, 2.24) is 30.4 Å². The van der Waals surface area contributed by atoms with Crippen LogP contribution in [-0.4, -0.2) is 61.7 Å². The first-order valence-corrected chi connectivity index (χ1v) is 12.2. The summed E-state index contributed by atoms with van der Waals surface area (Å²) in [5, 5.41) is 17.3. The van der Waals surface area contributed by atoms with E-state index < -0.39 is 11.6 Å². The number of tetrazole rings is 1. The Morgan fingerprint density at radius 3 is 2.76 bits per heavy atom. The Labute approximate surface area is 202 Å². The summed E-state index contributed by atoms with van der Waals surface area (Å²) in [4.78, 5) is 30.6. The van der Waals surface area contributed by atoms with Crippen LogP contribution in [0.15, 0.2) is 34.1 Å². The van der Waals surface area contributed by atoms with Gasteiger partial charge in [0.1, 0.15) is 18.3 Å². The second kappa shape index (κ2) is 10.1. The minimum Gasteiger partial charge on any atom is -0.458 e. The fourth-order valence-corrected chi connectivity index (χ4v) is 4.68. The molecule has 2 amide bonds. The van der Waals surface area contributed by atoms with E-state index in [9.17, 15) is 9.59 Å². The first kappa shape index (κ1) is 24.1. The maximum atomic E-state index is 13.6. The molecule has 1 aliphatic heterocycles. The number of hydrogen-bond acceptors (Lipinski definition) is 8. The molecule has 3 aromatic rings. The summed E-state index contributed by atoms with van der Waals surface area (Å²) in [6.45, 7) is 8.37. The fraction of sp³-hybridized carbons (Fsp3) is 0.522. The Bertz CT molecular complexity index is 1110. The number of aromatic nitrogens is 4. The molecule has 3 aromatic heterocycles. The van der Waals surface area contributed by atoms with Crippen molar-refractivity contribution in [3.05, 3.63) is 40.3 Å². The van der Waals surface area contributed by atoms with Gasteiger partial charge in [0.15, 0.2) is 5.76 Å². The van der Waals surface area contributed by atoms with Crippen molar-refractivity contribution >= 4 is 23.2 Å². The van der Waals surface area contributed by atoms with Crippen LogP contribution in [-0.2, 0) is 20.9 Å². The predicted octanol–water partition coefficient (Wildman–Crippen LogP) is 2.97. The average molecular weight is 487 g/mol. The molecule has 0 bridgehead atoms. The molecule has 0 aromatic carbocycles. The van der Waals surface area contributed by atoms with E-state index in [1.807, 2.05) is 51.3 Å². The van der Waals surface area contributed by atoms with Crippen molar-refractivity contribution < 1.29 is 18.7 Å². The van der Waals surface area contributed by atoms with Gasteiger partial charge in [-0.2, -0.15) is 4.80 Å². The molecule has 1 aliphatic rings. The van der Waals surface area contributed by atoms with Crippen molar-refractivity contribution in [1.29, 1.82) is 0 Å². The normalized spacial score (nSPS) is 17.0. The third kappa shape index (κ3) is 5.89. The predicted molar refractivity (Wildman–Crippen MR) is 126 cm³/mol. The largest absolute Gasteiger partial charge is 0.458 e. The molecule has 34 heavy (non-hydrogen) atoms. The highest BCUT2D eigenvalue weighted by Gasteiger charge is 2.36. The van der Waals surface area contributed by atoms with Gasteiger partial charge in [-0.1, -0.05) is 6.07 Å². The van der Waals surface area contributed by atoms with Gasteiger partial charge in [0.2, 0.25) is 17.6 Å². The average Bonchev–Trinajstić information content (AvgIpc) is 3.55. The summed E-state index contributed by atoms with van der Waals surface area (Å²) < 4.78 is 11.4. The zero-order chi connectivity index (χ0) is 24.3. The lowest BCUT2D eigenvalue weighted by Gasteiger charge is -2.34. The summed E-state index contributed by atoms with van der Waals surface area (Å²) in [5.41, 5.74) is -0.450. The minimum atomic E-state index is -0.786. The number of ether oxygens (including phenoxy) is 1. The van der Waals surface area contributed by atoms with E-state index in [-0.39, 0.29) is 24.5 Å². The number of hydrogen-bond donors (Lipinski definition) is 1. The molecule has 0 unspecified atom stereocenters. The van der Waals surface area contributed by atoms with Crippen LogP contribution in [0.3, 0.4) is 0 Å². The van der Waals surface area contributed by atoms with Crippen LogP contribution in [0, 0.1) is 6.92 Å². The second-order valence-electron chi connectivity index (χ2n) is 9.39. The Kier molecular flexibility index (Phi) is 7.13. The van der Waals surface area contributed by atoms with Gasteiger partial charge in [0.05, 0.1) is 6.10 Å². The number of rotatable bonds is 8. The number of nitrogens with zero attached hydrogens (tertiary/aromatic N) is 5. The molecular formula is C23H30N6O4S. The lowest BCUT2D eigenvalue weighted by atomic mass is 10.1. The Balaban J connectivity index is 1.60. The van der Waals surface area contributed by atoms with E-state index in [1.54, 1.807) is 11.0 Å². The topological polar surface area (TPSA) is 115 Å². The molecule has 182 valence electrons. The van der Waals surface area contributed by atoms with E-state index in [4.69, 9.17) is 9.15 Å². The molecule has 0 saturated carbocycles. The van der Waals surface area contributed by atoms with E-state index in [0.717, 1.165) is 23.5 Å². The number of amides is 2. The summed E-state index contributed by atoms with van der Waals surface area (Å²) in [6, 6.07) is 6.53. The first-order chi connectivity index (χ1) is 16.2. The molecule has 11 heteroatoms. The van der Waals surface area contributed by atoms with Crippen LogP contribution in [0.25, 0.3) is 11.6 Å². The Morgan fingerprint density at radius 2 is 2.15 bits per heavy atom. The zero-order valence-corrected chi connectivity index (χ0v) is 20.7. The molecule has 4 heterocycles. The van der Waals surface area contributed by atoms with Gasteiger partial charge < -0.3 is 19.4 Å². The van der Waals surface area contributed by atoms with Crippen molar-refractivity contribution in [2.24, 2.45) is 0 Å². The molecule has 0 spiro atoms. The van der Waals surface area contributed by atoms with Crippen molar-refractivity contribution in [2.75, 3.05) is 13.2 Å². The first-order valence-electron chi connectivity index (χ1n) is 11.3. The SMILES string of the molecule is Cc1ccc(-c2nnn(CC(=O)N(C[C@H]3CCCO3)[C@@H](C(=O)NC(C)(C)C)c3cccs3)n2)o1. The van der Waals surface area contributed by atoms with Gasteiger partial charge in [-0.15, -0.1) is 21.5 Å². The molecule has 1 N–H and O–H groups in total. The summed E-state index contributed by atoms with van der Waals surface area (Å²) in [5.74, 6) is 0.978. The second-order valence-corrected chi connectivity index (χ2v) is 10.4. The molecule has 0 aliphatic carbocycles. The smallest absolute Gasteiger partial charge is 0.248 e.